The summed E-state index contributed by atoms with van der Waals surface area (Å²) < 4.78 is 5.90. The van der Waals surface area contributed by atoms with Crippen molar-refractivity contribution in [2.45, 2.75) is 52.6 Å². The molecule has 1 aromatic rings. The van der Waals surface area contributed by atoms with Gasteiger partial charge >= 0.3 is 0 Å². The normalized spacial score (nSPS) is 11.1. The molecule has 0 spiro atoms. The van der Waals surface area contributed by atoms with E-state index in [0.29, 0.717) is 6.61 Å². The molecule has 0 unspecified atom stereocenters. The number of ether oxygens (including phenoxy) is 1. The van der Waals surface area contributed by atoms with Crippen molar-refractivity contribution in [1.29, 1.82) is 0 Å². The van der Waals surface area contributed by atoms with Crippen molar-refractivity contribution in [2.24, 2.45) is 0 Å². The molecule has 0 aliphatic carbocycles. The second-order valence-electron chi connectivity index (χ2n) is 5.82. The fraction of sp³-hybridized carbons (Fsp3) is 0.529. The van der Waals surface area contributed by atoms with E-state index in [4.69, 9.17) is 11.2 Å². The molecule has 104 valence electrons. The van der Waals surface area contributed by atoms with E-state index in [2.05, 4.69) is 57.1 Å². The Morgan fingerprint density at radius 3 is 2.68 bits per heavy atom. The molecule has 2 heteroatoms. The largest absolute Gasteiger partial charge is 0.493 e. The van der Waals surface area contributed by atoms with E-state index in [1.165, 1.54) is 11.1 Å². The molecule has 0 radical (unpaired) electrons. The minimum absolute atomic E-state index is 0.102. The van der Waals surface area contributed by atoms with Crippen molar-refractivity contribution in [3.63, 3.8) is 0 Å². The number of nitrogens with one attached hydrogen (secondary N) is 1. The number of hydrogen-bond donors (Lipinski definition) is 1. The zero-order valence-corrected chi connectivity index (χ0v) is 12.5. The maximum atomic E-state index is 5.90. The number of terminal acetylenes is 1. The third kappa shape index (κ3) is 5.81. The molecule has 2 nitrogen and oxygen atoms in total. The second kappa shape index (κ2) is 7.21. The van der Waals surface area contributed by atoms with Crippen molar-refractivity contribution in [2.75, 3.05) is 6.61 Å². The highest BCUT2D eigenvalue weighted by Gasteiger charge is 2.12. The first-order valence-electron chi connectivity index (χ1n) is 6.84. The van der Waals surface area contributed by atoms with Gasteiger partial charge in [0.15, 0.2) is 0 Å². The quantitative estimate of drug-likeness (QED) is 0.621. The van der Waals surface area contributed by atoms with Gasteiger partial charge in [0.25, 0.3) is 0 Å². The smallest absolute Gasteiger partial charge is 0.126 e. The van der Waals surface area contributed by atoms with E-state index in [1.54, 1.807) is 0 Å². The lowest BCUT2D eigenvalue weighted by Gasteiger charge is -2.22. The van der Waals surface area contributed by atoms with E-state index < -0.39 is 0 Å². The molecule has 0 saturated heterocycles. The zero-order valence-electron chi connectivity index (χ0n) is 12.5. The number of benzene rings is 1. The van der Waals surface area contributed by atoms with Gasteiger partial charge in [0, 0.05) is 24.1 Å². The van der Waals surface area contributed by atoms with Crippen LogP contribution >= 0.6 is 0 Å². The van der Waals surface area contributed by atoms with E-state index in [0.717, 1.165) is 25.1 Å². The summed E-state index contributed by atoms with van der Waals surface area (Å²) in [4.78, 5) is 0. The Morgan fingerprint density at radius 1 is 1.32 bits per heavy atom. The van der Waals surface area contributed by atoms with Gasteiger partial charge in [-0.3, -0.25) is 0 Å². The number of unbranched alkanes of at least 4 members (excludes halogenated alkanes) is 1. The Hall–Kier alpha value is -1.46. The summed E-state index contributed by atoms with van der Waals surface area (Å²) in [6, 6.07) is 6.27. The maximum Gasteiger partial charge on any atom is 0.126 e. The van der Waals surface area contributed by atoms with Gasteiger partial charge in [0.2, 0.25) is 0 Å². The molecule has 0 saturated carbocycles. The van der Waals surface area contributed by atoms with Crippen molar-refractivity contribution >= 4 is 0 Å². The standard InChI is InChI=1S/C17H25NO/c1-6-7-8-12-19-16-14(2)10-9-11-15(16)13-18-17(3,4)5/h1,9-11,18H,7-8,12-13H2,2-5H3. The monoisotopic (exact) mass is 259 g/mol. The summed E-state index contributed by atoms with van der Waals surface area (Å²) in [5, 5.41) is 3.50. The van der Waals surface area contributed by atoms with Crippen molar-refractivity contribution in [1.82, 2.24) is 5.32 Å². The molecule has 0 heterocycles. The predicted octanol–water partition coefficient (Wildman–Crippen LogP) is 3.68. The first kappa shape index (κ1) is 15.6. The number of hydrogen-bond acceptors (Lipinski definition) is 2. The molecule has 1 aromatic carbocycles. The zero-order chi connectivity index (χ0) is 14.3. The minimum atomic E-state index is 0.102. The molecule has 1 rings (SSSR count). The van der Waals surface area contributed by atoms with Gasteiger partial charge < -0.3 is 10.1 Å². The van der Waals surface area contributed by atoms with Gasteiger partial charge in [-0.25, -0.2) is 0 Å². The molecule has 0 fully saturated rings. The molecule has 0 aliphatic rings. The molecular weight excluding hydrogens is 234 g/mol. The van der Waals surface area contributed by atoms with E-state index in [9.17, 15) is 0 Å². The van der Waals surface area contributed by atoms with E-state index in [1.807, 2.05) is 0 Å². The third-order valence-electron chi connectivity index (χ3n) is 2.81. The summed E-state index contributed by atoms with van der Waals surface area (Å²) >= 11 is 0. The van der Waals surface area contributed by atoms with Crippen molar-refractivity contribution in [3.05, 3.63) is 29.3 Å². The van der Waals surface area contributed by atoms with Crippen LogP contribution in [0.2, 0.25) is 0 Å². The number of rotatable bonds is 6. The molecular formula is C17H25NO. The fourth-order valence-corrected chi connectivity index (χ4v) is 1.77. The van der Waals surface area contributed by atoms with Crippen LogP contribution in [0.15, 0.2) is 18.2 Å². The van der Waals surface area contributed by atoms with Gasteiger partial charge in [-0.05, 0) is 39.7 Å². The van der Waals surface area contributed by atoms with Gasteiger partial charge in [0.05, 0.1) is 6.61 Å². The first-order chi connectivity index (χ1) is 8.94. The summed E-state index contributed by atoms with van der Waals surface area (Å²) in [6.45, 7) is 10.1. The van der Waals surface area contributed by atoms with Crippen LogP contribution < -0.4 is 10.1 Å². The average molecular weight is 259 g/mol. The lowest BCUT2D eigenvalue weighted by Crippen LogP contribution is -2.35. The summed E-state index contributed by atoms with van der Waals surface area (Å²) in [5.41, 5.74) is 2.48. The van der Waals surface area contributed by atoms with Gasteiger partial charge in [-0.15, -0.1) is 12.3 Å². The lowest BCUT2D eigenvalue weighted by atomic mass is 10.1. The van der Waals surface area contributed by atoms with Crippen LogP contribution in [0.3, 0.4) is 0 Å². The van der Waals surface area contributed by atoms with Crippen LogP contribution in [0.25, 0.3) is 0 Å². The van der Waals surface area contributed by atoms with Crippen LogP contribution in [-0.2, 0) is 6.54 Å². The van der Waals surface area contributed by atoms with Gasteiger partial charge in [0.1, 0.15) is 5.75 Å². The fourth-order valence-electron chi connectivity index (χ4n) is 1.77. The highest BCUT2D eigenvalue weighted by atomic mass is 16.5. The predicted molar refractivity (Wildman–Crippen MR) is 81.3 cm³/mol. The summed E-state index contributed by atoms with van der Waals surface area (Å²) in [6.07, 6.45) is 6.91. The highest BCUT2D eigenvalue weighted by molar-refractivity contribution is 5.40. The maximum absolute atomic E-state index is 5.90. The topological polar surface area (TPSA) is 21.3 Å². The van der Waals surface area contributed by atoms with E-state index >= 15 is 0 Å². The summed E-state index contributed by atoms with van der Waals surface area (Å²) in [5.74, 6) is 3.63. The molecule has 0 aromatic heterocycles. The molecule has 0 aliphatic heterocycles. The molecule has 1 N–H and O–H groups in total. The SMILES string of the molecule is C#CCCCOc1c(C)cccc1CNC(C)(C)C. The van der Waals surface area contributed by atoms with Gasteiger partial charge in [-0.1, -0.05) is 18.2 Å². The van der Waals surface area contributed by atoms with Crippen molar-refractivity contribution < 1.29 is 4.74 Å². The average Bonchev–Trinajstić information content (AvgIpc) is 2.33. The Morgan fingerprint density at radius 2 is 2.05 bits per heavy atom. The Labute approximate surface area is 117 Å². The Kier molecular flexibility index (Phi) is 5.92. The lowest BCUT2D eigenvalue weighted by molar-refractivity contribution is 0.305. The molecule has 0 atom stereocenters. The molecule has 0 amide bonds. The van der Waals surface area contributed by atoms with Crippen LogP contribution in [0.4, 0.5) is 0 Å². The van der Waals surface area contributed by atoms with Crippen molar-refractivity contribution in [3.8, 4) is 18.1 Å². The first-order valence-corrected chi connectivity index (χ1v) is 6.84. The minimum Gasteiger partial charge on any atom is -0.493 e. The summed E-state index contributed by atoms with van der Waals surface area (Å²) in [7, 11) is 0. The van der Waals surface area contributed by atoms with Crippen LogP contribution in [0, 0.1) is 19.3 Å². The highest BCUT2D eigenvalue weighted by Crippen LogP contribution is 2.24. The van der Waals surface area contributed by atoms with Gasteiger partial charge in [-0.2, -0.15) is 0 Å². The molecule has 0 bridgehead atoms. The molecule has 19 heavy (non-hydrogen) atoms. The second-order valence-corrected chi connectivity index (χ2v) is 5.82. The Bertz CT molecular complexity index is 438. The van der Waals surface area contributed by atoms with Crippen LogP contribution in [-0.4, -0.2) is 12.1 Å². The van der Waals surface area contributed by atoms with E-state index in [-0.39, 0.29) is 5.54 Å². The van der Waals surface area contributed by atoms with Crippen LogP contribution in [0.1, 0.15) is 44.7 Å². The number of para-hydroxylation sites is 1. The Balaban J connectivity index is 2.69. The third-order valence-corrected chi connectivity index (χ3v) is 2.81. The number of aryl methyl sites for hydroxylation is 1. The van der Waals surface area contributed by atoms with Crippen LogP contribution in [0.5, 0.6) is 5.75 Å².